The van der Waals surface area contributed by atoms with Crippen LogP contribution in [0.4, 0.5) is 0 Å². The Bertz CT molecular complexity index is 493. The maximum atomic E-state index is 11.9. The molecule has 0 aromatic carbocycles. The molecule has 6 nitrogen and oxygen atoms in total. The van der Waals surface area contributed by atoms with Crippen LogP contribution in [-0.4, -0.2) is 35.5 Å². The Morgan fingerprint density at radius 2 is 2.22 bits per heavy atom. The molecule has 104 valence electrons. The predicted octanol–water partition coefficient (Wildman–Crippen LogP) is 0.495. The number of hydrogen-bond donors (Lipinski definition) is 2. The Hall–Kier alpha value is -0.920. The number of hydrogen-bond acceptors (Lipinski definition) is 4. The highest BCUT2D eigenvalue weighted by Crippen LogP contribution is 2.19. The van der Waals surface area contributed by atoms with Crippen LogP contribution < -0.4 is 4.72 Å². The average Bonchev–Trinajstić information content (AvgIpc) is 2.73. The van der Waals surface area contributed by atoms with Crippen LogP contribution in [0.25, 0.3) is 0 Å². The van der Waals surface area contributed by atoms with Crippen LogP contribution in [-0.2, 0) is 17.1 Å². The summed E-state index contributed by atoms with van der Waals surface area (Å²) < 4.78 is 27.7. The molecule has 2 N–H and O–H groups in total. The van der Waals surface area contributed by atoms with Crippen LogP contribution >= 0.6 is 0 Å². The Kier molecular flexibility index (Phi) is 4.52. The summed E-state index contributed by atoms with van der Waals surface area (Å²) in [6.07, 6.45) is 3.47. The van der Waals surface area contributed by atoms with Gasteiger partial charge in [0.2, 0.25) is 10.0 Å². The van der Waals surface area contributed by atoms with Crippen molar-refractivity contribution in [2.24, 2.45) is 13.0 Å². The molecule has 0 unspecified atom stereocenters. The summed E-state index contributed by atoms with van der Waals surface area (Å²) in [5, 5.41) is 14.0. The quantitative estimate of drug-likeness (QED) is 0.791. The van der Waals surface area contributed by atoms with Crippen LogP contribution in [0, 0.1) is 5.92 Å². The van der Waals surface area contributed by atoms with Crippen molar-refractivity contribution >= 4 is 10.0 Å². The molecule has 0 spiro atoms. The van der Waals surface area contributed by atoms with Crippen molar-refractivity contribution in [3.63, 3.8) is 0 Å². The molecule has 1 aromatic heterocycles. The van der Waals surface area contributed by atoms with Gasteiger partial charge in [-0.2, -0.15) is 5.10 Å². The van der Waals surface area contributed by atoms with E-state index in [2.05, 4.69) is 9.82 Å². The highest BCUT2D eigenvalue weighted by molar-refractivity contribution is 7.89. The number of aryl methyl sites for hydroxylation is 1. The molecular weight excluding hydrogens is 254 g/mol. The lowest BCUT2D eigenvalue weighted by molar-refractivity contribution is 0.0102. The van der Waals surface area contributed by atoms with E-state index in [0.717, 1.165) is 6.42 Å². The van der Waals surface area contributed by atoms with Gasteiger partial charge in [0.25, 0.3) is 0 Å². The van der Waals surface area contributed by atoms with E-state index in [1.54, 1.807) is 14.0 Å². The number of nitrogens with zero attached hydrogens (tertiary/aromatic N) is 2. The first-order chi connectivity index (χ1) is 8.19. The molecular formula is C11H21N3O3S. The summed E-state index contributed by atoms with van der Waals surface area (Å²) in [5.74, 6) is 0.00842. The lowest BCUT2D eigenvalue weighted by Gasteiger charge is -2.29. The van der Waals surface area contributed by atoms with Crippen molar-refractivity contribution in [3.8, 4) is 0 Å². The standard InChI is InChI=1S/C11H21N3O3S/c1-5-9(2)11(3,15)8-13-18(16,17)10-6-12-14(4)7-10/h6-7,9,13,15H,5,8H2,1-4H3/t9-,11-/m0/s1. The van der Waals surface area contributed by atoms with E-state index in [1.807, 2.05) is 13.8 Å². The Morgan fingerprint density at radius 3 is 2.67 bits per heavy atom. The van der Waals surface area contributed by atoms with Crippen molar-refractivity contribution in [2.45, 2.75) is 37.7 Å². The van der Waals surface area contributed by atoms with Crippen molar-refractivity contribution in [1.29, 1.82) is 0 Å². The highest BCUT2D eigenvalue weighted by atomic mass is 32.2. The highest BCUT2D eigenvalue weighted by Gasteiger charge is 2.29. The van der Waals surface area contributed by atoms with Gasteiger partial charge in [0.1, 0.15) is 4.90 Å². The van der Waals surface area contributed by atoms with E-state index in [0.29, 0.717) is 0 Å². The maximum Gasteiger partial charge on any atom is 0.243 e. The number of aromatic nitrogens is 2. The van der Waals surface area contributed by atoms with E-state index in [4.69, 9.17) is 0 Å². The molecule has 0 amide bonds. The van der Waals surface area contributed by atoms with Crippen molar-refractivity contribution < 1.29 is 13.5 Å². The first-order valence-corrected chi connectivity index (χ1v) is 7.38. The van der Waals surface area contributed by atoms with Crippen molar-refractivity contribution in [1.82, 2.24) is 14.5 Å². The molecule has 7 heteroatoms. The fourth-order valence-corrected chi connectivity index (χ4v) is 2.60. The Balaban J connectivity index is 2.74. The summed E-state index contributed by atoms with van der Waals surface area (Å²) in [6.45, 7) is 5.46. The minimum Gasteiger partial charge on any atom is -0.389 e. The van der Waals surface area contributed by atoms with Crippen molar-refractivity contribution in [3.05, 3.63) is 12.4 Å². The molecule has 18 heavy (non-hydrogen) atoms. The van der Waals surface area contributed by atoms with Gasteiger partial charge >= 0.3 is 0 Å². The molecule has 0 bridgehead atoms. The summed E-state index contributed by atoms with van der Waals surface area (Å²) in [7, 11) is -1.96. The summed E-state index contributed by atoms with van der Waals surface area (Å²) in [6, 6.07) is 0. The lowest BCUT2D eigenvalue weighted by Crippen LogP contribution is -2.44. The zero-order chi connectivity index (χ0) is 14.0. The van der Waals surface area contributed by atoms with Gasteiger partial charge in [-0.05, 0) is 12.8 Å². The lowest BCUT2D eigenvalue weighted by atomic mass is 9.89. The molecule has 1 rings (SSSR count). The van der Waals surface area contributed by atoms with Gasteiger partial charge in [0.15, 0.2) is 0 Å². The van der Waals surface area contributed by atoms with Gasteiger partial charge in [-0.3, -0.25) is 4.68 Å². The topological polar surface area (TPSA) is 84.2 Å². The van der Waals surface area contributed by atoms with E-state index in [1.165, 1.54) is 17.1 Å². The fourth-order valence-electron chi connectivity index (χ4n) is 1.48. The van der Waals surface area contributed by atoms with Crippen LogP contribution in [0.1, 0.15) is 27.2 Å². The normalized spacial score (nSPS) is 17.4. The van der Waals surface area contributed by atoms with E-state index in [-0.39, 0.29) is 17.4 Å². The number of nitrogens with one attached hydrogen (secondary N) is 1. The molecule has 1 aromatic rings. The molecule has 2 atom stereocenters. The second-order valence-corrected chi connectivity index (χ2v) is 6.61. The molecule has 0 aliphatic heterocycles. The minimum absolute atomic E-state index is 0.00842. The van der Waals surface area contributed by atoms with Crippen LogP contribution in [0.2, 0.25) is 0 Å². The van der Waals surface area contributed by atoms with Crippen LogP contribution in [0.5, 0.6) is 0 Å². The molecule has 0 saturated heterocycles. The second kappa shape index (κ2) is 5.38. The zero-order valence-electron chi connectivity index (χ0n) is 11.2. The van der Waals surface area contributed by atoms with E-state index >= 15 is 0 Å². The maximum absolute atomic E-state index is 11.9. The summed E-state index contributed by atoms with van der Waals surface area (Å²) >= 11 is 0. The first kappa shape index (κ1) is 15.1. The summed E-state index contributed by atoms with van der Waals surface area (Å²) in [5.41, 5.74) is -1.07. The van der Waals surface area contributed by atoms with E-state index < -0.39 is 15.6 Å². The Labute approximate surface area is 108 Å². The third-order valence-corrected chi connectivity index (χ3v) is 4.64. The minimum atomic E-state index is -3.61. The molecule has 0 radical (unpaired) electrons. The van der Waals surface area contributed by atoms with Gasteiger partial charge in [-0.25, -0.2) is 13.1 Å². The second-order valence-electron chi connectivity index (χ2n) is 4.84. The SMILES string of the molecule is CC[C@H](C)[C@@](C)(O)CNS(=O)(=O)c1cnn(C)c1. The number of rotatable bonds is 6. The Morgan fingerprint density at radius 1 is 1.61 bits per heavy atom. The molecule has 0 saturated carbocycles. The summed E-state index contributed by atoms with van der Waals surface area (Å²) in [4.78, 5) is 0.102. The molecule has 0 aliphatic carbocycles. The molecule has 0 fully saturated rings. The van der Waals surface area contributed by atoms with Gasteiger partial charge in [0.05, 0.1) is 11.8 Å². The average molecular weight is 275 g/mol. The third kappa shape index (κ3) is 3.54. The van der Waals surface area contributed by atoms with Gasteiger partial charge in [0, 0.05) is 19.8 Å². The van der Waals surface area contributed by atoms with Gasteiger partial charge in [-0.15, -0.1) is 0 Å². The first-order valence-electron chi connectivity index (χ1n) is 5.89. The number of sulfonamides is 1. The smallest absolute Gasteiger partial charge is 0.243 e. The zero-order valence-corrected chi connectivity index (χ0v) is 12.0. The predicted molar refractivity (Wildman–Crippen MR) is 68.5 cm³/mol. The fraction of sp³-hybridized carbons (Fsp3) is 0.727. The van der Waals surface area contributed by atoms with Crippen LogP contribution in [0.3, 0.4) is 0 Å². The monoisotopic (exact) mass is 275 g/mol. The van der Waals surface area contributed by atoms with Crippen LogP contribution in [0.15, 0.2) is 17.3 Å². The largest absolute Gasteiger partial charge is 0.389 e. The molecule has 0 aliphatic rings. The van der Waals surface area contributed by atoms with Gasteiger partial charge < -0.3 is 5.11 Å². The molecule has 1 heterocycles. The van der Waals surface area contributed by atoms with Crippen molar-refractivity contribution in [2.75, 3.05) is 6.54 Å². The van der Waals surface area contributed by atoms with Gasteiger partial charge in [-0.1, -0.05) is 20.3 Å². The number of aliphatic hydroxyl groups is 1. The third-order valence-electron chi connectivity index (χ3n) is 3.29. The van der Waals surface area contributed by atoms with E-state index in [9.17, 15) is 13.5 Å².